The SMILES string of the molecule is CC(C)CC1NC(=O)C(C(C)C)NC(=O)C(C(C)C)NC(=O)C(C(C)C)NC(=O)C(Cc2ccccc2)NC(=O)C(Cc2ccccc2)NC(=O)C(C(C)C)NC1=O. The zero-order valence-corrected chi connectivity index (χ0v) is 35.7. The van der Waals surface area contributed by atoms with Gasteiger partial charge in [-0.05, 0) is 47.1 Å². The summed E-state index contributed by atoms with van der Waals surface area (Å²) in [6.45, 7) is 17.8. The first kappa shape index (κ1) is 47.1. The van der Waals surface area contributed by atoms with Crippen molar-refractivity contribution in [3.63, 3.8) is 0 Å². The van der Waals surface area contributed by atoms with Gasteiger partial charge in [-0.25, -0.2) is 0 Å². The molecule has 0 aliphatic carbocycles. The lowest BCUT2D eigenvalue weighted by atomic mass is 9.96. The molecule has 3 rings (SSSR count). The molecular weight excluding hydrogens is 739 g/mol. The third-order valence-electron chi connectivity index (χ3n) is 10.2. The molecule has 7 unspecified atom stereocenters. The summed E-state index contributed by atoms with van der Waals surface area (Å²) < 4.78 is 0. The third kappa shape index (κ3) is 14.0. The van der Waals surface area contributed by atoms with Gasteiger partial charge >= 0.3 is 0 Å². The Hall–Kier alpha value is -5.27. The maximum absolute atomic E-state index is 14.3. The lowest BCUT2D eigenvalue weighted by Gasteiger charge is -2.31. The van der Waals surface area contributed by atoms with Crippen LogP contribution in [0.5, 0.6) is 0 Å². The van der Waals surface area contributed by atoms with E-state index in [9.17, 15) is 33.6 Å². The van der Waals surface area contributed by atoms with E-state index in [1.165, 1.54) is 0 Å². The highest BCUT2D eigenvalue weighted by molar-refractivity contribution is 5.99. The number of hydrogen-bond acceptors (Lipinski definition) is 7. The smallest absolute Gasteiger partial charge is 0.243 e. The molecule has 1 saturated heterocycles. The molecule has 14 nitrogen and oxygen atoms in total. The molecule has 2 aromatic rings. The van der Waals surface area contributed by atoms with Crippen LogP contribution in [0.4, 0.5) is 0 Å². The molecule has 0 bridgehead atoms. The largest absolute Gasteiger partial charge is 0.343 e. The van der Waals surface area contributed by atoms with E-state index in [0.29, 0.717) is 0 Å². The molecule has 2 aromatic carbocycles. The van der Waals surface area contributed by atoms with Crippen molar-refractivity contribution in [1.82, 2.24) is 37.2 Å². The van der Waals surface area contributed by atoms with Gasteiger partial charge in [0.2, 0.25) is 41.4 Å². The Morgan fingerprint density at radius 1 is 0.362 bits per heavy atom. The summed E-state index contributed by atoms with van der Waals surface area (Å²) in [5.74, 6) is -6.14. The number of carbonyl (C=O) groups excluding carboxylic acids is 7. The first-order valence-corrected chi connectivity index (χ1v) is 20.5. The van der Waals surface area contributed by atoms with Crippen LogP contribution in [0.2, 0.25) is 0 Å². The van der Waals surface area contributed by atoms with Crippen molar-refractivity contribution in [2.75, 3.05) is 0 Å². The van der Waals surface area contributed by atoms with Gasteiger partial charge in [-0.2, -0.15) is 0 Å². The van der Waals surface area contributed by atoms with Crippen LogP contribution < -0.4 is 37.2 Å². The Labute approximate surface area is 343 Å². The fourth-order valence-electron chi connectivity index (χ4n) is 6.75. The number of benzene rings is 2. The van der Waals surface area contributed by atoms with E-state index in [4.69, 9.17) is 0 Å². The molecule has 58 heavy (non-hydrogen) atoms. The lowest BCUT2D eigenvalue weighted by molar-refractivity contribution is -0.137. The Kier molecular flexibility index (Phi) is 17.9. The quantitative estimate of drug-likeness (QED) is 0.191. The molecule has 7 amide bonds. The van der Waals surface area contributed by atoms with Crippen molar-refractivity contribution in [3.8, 4) is 0 Å². The van der Waals surface area contributed by atoms with Gasteiger partial charge < -0.3 is 37.2 Å². The van der Waals surface area contributed by atoms with Crippen molar-refractivity contribution < 1.29 is 33.6 Å². The minimum atomic E-state index is -1.18. The normalized spacial score (nSPS) is 25.0. The summed E-state index contributed by atoms with van der Waals surface area (Å²) in [5.41, 5.74) is 1.47. The molecule has 7 atom stereocenters. The van der Waals surface area contributed by atoms with Crippen LogP contribution >= 0.6 is 0 Å². The molecule has 1 heterocycles. The highest BCUT2D eigenvalue weighted by Crippen LogP contribution is 2.14. The van der Waals surface area contributed by atoms with Crippen LogP contribution in [0.25, 0.3) is 0 Å². The minimum Gasteiger partial charge on any atom is -0.343 e. The lowest BCUT2D eigenvalue weighted by Crippen LogP contribution is -2.62. The average molecular weight is 804 g/mol. The van der Waals surface area contributed by atoms with Crippen molar-refractivity contribution in [1.29, 1.82) is 0 Å². The molecule has 7 N–H and O–H groups in total. The van der Waals surface area contributed by atoms with E-state index in [0.717, 1.165) is 11.1 Å². The summed E-state index contributed by atoms with van der Waals surface area (Å²) in [6, 6.07) is 10.3. The van der Waals surface area contributed by atoms with Gasteiger partial charge in [0.15, 0.2) is 0 Å². The van der Waals surface area contributed by atoms with Crippen LogP contribution in [0.15, 0.2) is 60.7 Å². The molecule has 1 aliphatic heterocycles. The van der Waals surface area contributed by atoms with Gasteiger partial charge in [0.05, 0.1) is 0 Å². The standard InChI is InChI=1S/C44H65N7O7/c1-24(2)21-31-39(53)48-34(25(3)4)41(55)47-32(22-29-17-13-11-14-18-29)38(52)45-33(23-30-19-15-12-16-20-30)40(54)49-36(27(7)8)43(57)51-37(28(9)10)44(58)50-35(26(5)6)42(56)46-31/h11-20,24-28,31-37H,21-23H2,1-10H3,(H,45,52)(H,46,56)(H,47,55)(H,48,53)(H,49,54)(H,50,58)(H,51,57). The Bertz CT molecular complexity index is 1710. The fourth-order valence-corrected chi connectivity index (χ4v) is 6.75. The summed E-state index contributed by atoms with van der Waals surface area (Å²) in [6.07, 6.45) is 0.356. The van der Waals surface area contributed by atoms with Crippen LogP contribution in [-0.4, -0.2) is 83.6 Å². The van der Waals surface area contributed by atoms with E-state index >= 15 is 0 Å². The van der Waals surface area contributed by atoms with Crippen molar-refractivity contribution in [3.05, 3.63) is 71.8 Å². The second kappa shape index (κ2) is 22.0. The van der Waals surface area contributed by atoms with Crippen LogP contribution in [0.1, 0.15) is 86.8 Å². The predicted molar refractivity (Wildman–Crippen MR) is 223 cm³/mol. The van der Waals surface area contributed by atoms with Crippen molar-refractivity contribution in [2.45, 2.75) is 131 Å². The number of amides is 7. The van der Waals surface area contributed by atoms with E-state index in [-0.39, 0.29) is 25.2 Å². The van der Waals surface area contributed by atoms with Gasteiger partial charge in [-0.3, -0.25) is 33.6 Å². The monoisotopic (exact) mass is 803 g/mol. The first-order valence-electron chi connectivity index (χ1n) is 20.5. The molecule has 1 aliphatic rings. The molecule has 318 valence electrons. The van der Waals surface area contributed by atoms with Gasteiger partial charge in [-0.1, -0.05) is 130 Å². The van der Waals surface area contributed by atoms with Crippen molar-refractivity contribution >= 4 is 41.4 Å². The highest BCUT2D eigenvalue weighted by Gasteiger charge is 2.38. The van der Waals surface area contributed by atoms with E-state index < -0.39 is 107 Å². The minimum absolute atomic E-state index is 0.0440. The van der Waals surface area contributed by atoms with Crippen LogP contribution in [-0.2, 0) is 46.4 Å². The molecule has 14 heteroatoms. The molecule has 0 aromatic heterocycles. The topological polar surface area (TPSA) is 204 Å². The van der Waals surface area contributed by atoms with E-state index in [2.05, 4.69) is 37.2 Å². The number of nitrogens with one attached hydrogen (secondary N) is 7. The van der Waals surface area contributed by atoms with E-state index in [1.54, 1.807) is 55.4 Å². The highest BCUT2D eigenvalue weighted by atomic mass is 16.2. The number of rotatable bonds is 10. The summed E-state index contributed by atoms with van der Waals surface area (Å²) >= 11 is 0. The summed E-state index contributed by atoms with van der Waals surface area (Å²) in [7, 11) is 0. The fraction of sp³-hybridized carbons (Fsp3) is 0.568. The Morgan fingerprint density at radius 3 is 0.948 bits per heavy atom. The number of carbonyl (C=O) groups is 7. The van der Waals surface area contributed by atoms with Crippen LogP contribution in [0, 0.1) is 29.6 Å². The number of hydrogen-bond donors (Lipinski definition) is 7. The molecular formula is C44H65N7O7. The van der Waals surface area contributed by atoms with Gasteiger partial charge in [-0.15, -0.1) is 0 Å². The van der Waals surface area contributed by atoms with E-state index in [1.807, 2.05) is 74.5 Å². The average Bonchev–Trinajstić information content (AvgIpc) is 3.15. The predicted octanol–water partition coefficient (Wildman–Crippen LogP) is 2.55. The first-order chi connectivity index (χ1) is 27.3. The van der Waals surface area contributed by atoms with Gasteiger partial charge in [0, 0.05) is 12.8 Å². The second-order valence-corrected chi connectivity index (χ2v) is 17.1. The third-order valence-corrected chi connectivity index (χ3v) is 10.2. The molecule has 0 saturated carbocycles. The maximum Gasteiger partial charge on any atom is 0.243 e. The second-order valence-electron chi connectivity index (χ2n) is 17.1. The van der Waals surface area contributed by atoms with Crippen LogP contribution in [0.3, 0.4) is 0 Å². The zero-order chi connectivity index (χ0) is 43.3. The molecule has 1 fully saturated rings. The molecule has 0 radical (unpaired) electrons. The van der Waals surface area contributed by atoms with Gasteiger partial charge in [0.25, 0.3) is 0 Å². The maximum atomic E-state index is 14.3. The van der Waals surface area contributed by atoms with Gasteiger partial charge in [0.1, 0.15) is 42.3 Å². The Morgan fingerprint density at radius 2 is 0.621 bits per heavy atom. The zero-order valence-electron chi connectivity index (χ0n) is 35.7. The van der Waals surface area contributed by atoms with Crippen molar-refractivity contribution in [2.24, 2.45) is 29.6 Å². The molecule has 0 spiro atoms. The summed E-state index contributed by atoms with van der Waals surface area (Å²) in [5, 5.41) is 19.7. The Balaban J connectivity index is 2.18. The summed E-state index contributed by atoms with van der Waals surface area (Å²) in [4.78, 5) is 98.5.